The molecule has 0 heterocycles. The molecule has 0 aliphatic carbocycles. The molecule has 0 aliphatic heterocycles. The lowest BCUT2D eigenvalue weighted by molar-refractivity contribution is -0.137. The van der Waals surface area contributed by atoms with E-state index in [0.29, 0.717) is 18.7 Å². The molecule has 6 heteroatoms. The summed E-state index contributed by atoms with van der Waals surface area (Å²) in [4.78, 5) is 0. The average Bonchev–Trinajstić information content (AvgIpc) is 2.37. The van der Waals surface area contributed by atoms with E-state index in [1.165, 1.54) is 12.1 Å². The largest absolute Gasteiger partial charge is 0.416 e. The molecule has 0 saturated heterocycles. The summed E-state index contributed by atoms with van der Waals surface area (Å²) in [6, 6.07) is 4.61. The number of aliphatic hydroxyl groups excluding tert-OH is 1. The van der Waals surface area contributed by atoms with Gasteiger partial charge >= 0.3 is 6.18 Å². The highest BCUT2D eigenvalue weighted by atomic mass is 32.2. The van der Waals surface area contributed by atoms with Crippen LogP contribution in [0.2, 0.25) is 0 Å². The molecule has 0 bridgehead atoms. The molecule has 0 aromatic heterocycles. The summed E-state index contributed by atoms with van der Waals surface area (Å²) in [5, 5.41) is 13.1. The van der Waals surface area contributed by atoms with Gasteiger partial charge in [-0.1, -0.05) is 12.1 Å². The highest BCUT2D eigenvalue weighted by Gasteiger charge is 2.30. The number of rotatable bonds is 6. The van der Waals surface area contributed by atoms with E-state index in [1.54, 1.807) is 11.8 Å². The minimum atomic E-state index is -4.34. The molecule has 114 valence electrons. The summed E-state index contributed by atoms with van der Waals surface area (Å²) < 4.78 is 37.3. The van der Waals surface area contributed by atoms with Gasteiger partial charge in [-0.15, -0.1) is 0 Å². The van der Waals surface area contributed by atoms with E-state index < -0.39 is 17.8 Å². The second kappa shape index (κ2) is 6.83. The second-order valence-corrected chi connectivity index (χ2v) is 6.74. The zero-order valence-electron chi connectivity index (χ0n) is 11.8. The van der Waals surface area contributed by atoms with Crippen LogP contribution in [0, 0.1) is 0 Å². The molecule has 2 nitrogen and oxygen atoms in total. The third-order valence-electron chi connectivity index (χ3n) is 3.06. The van der Waals surface area contributed by atoms with Crippen molar-refractivity contribution >= 4 is 11.8 Å². The van der Waals surface area contributed by atoms with Gasteiger partial charge in [0.05, 0.1) is 11.7 Å². The van der Waals surface area contributed by atoms with Crippen LogP contribution < -0.4 is 5.32 Å². The van der Waals surface area contributed by atoms with Crippen molar-refractivity contribution in [2.75, 3.05) is 19.3 Å². The third-order valence-corrected chi connectivity index (χ3v) is 4.31. The van der Waals surface area contributed by atoms with Crippen LogP contribution in [-0.2, 0) is 6.18 Å². The molecular formula is C14H20F3NOS. The van der Waals surface area contributed by atoms with Gasteiger partial charge in [0, 0.05) is 17.8 Å². The predicted octanol–water partition coefficient (Wildman–Crippen LogP) is 3.47. The van der Waals surface area contributed by atoms with Gasteiger partial charge in [-0.05, 0) is 37.8 Å². The predicted molar refractivity (Wildman–Crippen MR) is 76.9 cm³/mol. The fraction of sp³-hybridized carbons (Fsp3) is 0.571. The highest BCUT2D eigenvalue weighted by Crippen LogP contribution is 2.29. The Labute approximate surface area is 121 Å². The van der Waals surface area contributed by atoms with Crippen molar-refractivity contribution in [3.05, 3.63) is 35.4 Å². The highest BCUT2D eigenvalue weighted by molar-refractivity contribution is 7.99. The Morgan fingerprint density at radius 3 is 2.20 bits per heavy atom. The Kier molecular flexibility index (Phi) is 5.91. The number of aliphatic hydroxyl groups is 1. The van der Waals surface area contributed by atoms with E-state index in [0.717, 1.165) is 12.1 Å². The molecule has 1 rings (SSSR count). The standard InChI is InChI=1S/C14H20F3NOS/c1-13(2,20-3)9-18-8-12(19)10-4-6-11(7-5-10)14(15,16)17/h4-7,12,18-19H,8-9H2,1-3H3. The van der Waals surface area contributed by atoms with Crippen molar-refractivity contribution in [2.24, 2.45) is 0 Å². The van der Waals surface area contributed by atoms with Crippen molar-refractivity contribution < 1.29 is 18.3 Å². The molecule has 1 aromatic rings. The lowest BCUT2D eigenvalue weighted by Crippen LogP contribution is -2.34. The van der Waals surface area contributed by atoms with Gasteiger partial charge in [0.15, 0.2) is 0 Å². The molecule has 1 unspecified atom stereocenters. The Balaban J connectivity index is 2.54. The van der Waals surface area contributed by atoms with Crippen molar-refractivity contribution in [3.63, 3.8) is 0 Å². The first-order valence-electron chi connectivity index (χ1n) is 6.27. The van der Waals surface area contributed by atoms with Crippen molar-refractivity contribution in [2.45, 2.75) is 30.9 Å². The van der Waals surface area contributed by atoms with Crippen LogP contribution in [0.15, 0.2) is 24.3 Å². The number of hydrogen-bond donors (Lipinski definition) is 2. The van der Waals surface area contributed by atoms with Gasteiger partial charge < -0.3 is 10.4 Å². The molecule has 0 aliphatic rings. The van der Waals surface area contributed by atoms with Crippen molar-refractivity contribution in [1.82, 2.24) is 5.32 Å². The van der Waals surface area contributed by atoms with E-state index in [4.69, 9.17) is 0 Å². The van der Waals surface area contributed by atoms with Crippen LogP contribution in [0.25, 0.3) is 0 Å². The lowest BCUT2D eigenvalue weighted by Gasteiger charge is -2.23. The van der Waals surface area contributed by atoms with Crippen LogP contribution in [0.5, 0.6) is 0 Å². The summed E-state index contributed by atoms with van der Waals surface area (Å²) >= 11 is 1.71. The smallest absolute Gasteiger partial charge is 0.387 e. The van der Waals surface area contributed by atoms with Gasteiger partial charge in [0.1, 0.15) is 0 Å². The summed E-state index contributed by atoms with van der Waals surface area (Å²) in [7, 11) is 0. The second-order valence-electron chi connectivity index (χ2n) is 5.23. The molecule has 2 N–H and O–H groups in total. The topological polar surface area (TPSA) is 32.3 Å². The fourth-order valence-corrected chi connectivity index (χ4v) is 1.84. The van der Waals surface area contributed by atoms with Gasteiger partial charge in [-0.2, -0.15) is 24.9 Å². The minimum Gasteiger partial charge on any atom is -0.387 e. The zero-order chi connectivity index (χ0) is 15.4. The molecule has 0 amide bonds. The first-order valence-corrected chi connectivity index (χ1v) is 7.49. The summed E-state index contributed by atoms with van der Waals surface area (Å²) in [5.41, 5.74) is -0.225. The van der Waals surface area contributed by atoms with Crippen molar-refractivity contribution in [1.29, 1.82) is 0 Å². The summed E-state index contributed by atoms with van der Waals surface area (Å²) in [6.45, 7) is 5.19. The summed E-state index contributed by atoms with van der Waals surface area (Å²) in [6.07, 6.45) is -3.15. The van der Waals surface area contributed by atoms with Gasteiger partial charge in [0.2, 0.25) is 0 Å². The SMILES string of the molecule is CSC(C)(C)CNCC(O)c1ccc(C(F)(F)F)cc1. The van der Waals surface area contributed by atoms with Crippen LogP contribution in [0.4, 0.5) is 13.2 Å². The number of nitrogens with one attached hydrogen (secondary N) is 1. The molecule has 0 radical (unpaired) electrons. The monoisotopic (exact) mass is 307 g/mol. The number of halogens is 3. The number of benzene rings is 1. The van der Waals surface area contributed by atoms with Gasteiger partial charge in [-0.3, -0.25) is 0 Å². The fourth-order valence-electron chi connectivity index (χ4n) is 1.59. The molecule has 1 aromatic carbocycles. The first-order chi connectivity index (χ1) is 9.15. The Bertz CT molecular complexity index is 417. The minimum absolute atomic E-state index is 0.0554. The quantitative estimate of drug-likeness (QED) is 0.844. The zero-order valence-corrected chi connectivity index (χ0v) is 12.6. The van der Waals surface area contributed by atoms with Crippen LogP contribution in [-0.4, -0.2) is 29.2 Å². The summed E-state index contributed by atoms with van der Waals surface area (Å²) in [5.74, 6) is 0. The van der Waals surface area contributed by atoms with E-state index >= 15 is 0 Å². The maximum Gasteiger partial charge on any atom is 0.416 e. The molecule has 1 atom stereocenters. The van der Waals surface area contributed by atoms with Gasteiger partial charge in [0.25, 0.3) is 0 Å². The molecule has 0 saturated carbocycles. The van der Waals surface area contributed by atoms with Gasteiger partial charge in [-0.25, -0.2) is 0 Å². The van der Waals surface area contributed by atoms with E-state index in [2.05, 4.69) is 19.2 Å². The van der Waals surface area contributed by atoms with E-state index in [1.807, 2.05) is 6.26 Å². The number of thioether (sulfide) groups is 1. The maximum absolute atomic E-state index is 12.4. The Morgan fingerprint density at radius 1 is 1.20 bits per heavy atom. The molecule has 0 spiro atoms. The third kappa shape index (κ3) is 5.34. The van der Waals surface area contributed by atoms with Crippen LogP contribution in [0.1, 0.15) is 31.1 Å². The van der Waals surface area contributed by atoms with Crippen LogP contribution >= 0.6 is 11.8 Å². The number of hydrogen-bond acceptors (Lipinski definition) is 3. The normalized spacial score (nSPS) is 14.3. The molecule has 0 fully saturated rings. The first kappa shape index (κ1) is 17.3. The van der Waals surface area contributed by atoms with Crippen molar-refractivity contribution in [3.8, 4) is 0 Å². The Hall–Kier alpha value is -0.720. The van der Waals surface area contributed by atoms with Crippen LogP contribution in [0.3, 0.4) is 0 Å². The molecular weight excluding hydrogens is 287 g/mol. The van der Waals surface area contributed by atoms with E-state index in [-0.39, 0.29) is 4.75 Å². The average molecular weight is 307 g/mol. The number of alkyl halides is 3. The van der Waals surface area contributed by atoms with E-state index in [9.17, 15) is 18.3 Å². The molecule has 20 heavy (non-hydrogen) atoms. The Morgan fingerprint density at radius 2 is 1.75 bits per heavy atom. The maximum atomic E-state index is 12.4. The lowest BCUT2D eigenvalue weighted by atomic mass is 10.1.